The lowest BCUT2D eigenvalue weighted by Crippen LogP contribution is -2.46. The van der Waals surface area contributed by atoms with Crippen molar-refractivity contribution < 1.29 is 43.7 Å². The number of hydrogen-bond acceptors (Lipinski definition) is 11. The van der Waals surface area contributed by atoms with Crippen molar-refractivity contribution in [2.45, 2.75) is 45.1 Å². The number of amides is 1. The molecule has 56 heavy (non-hydrogen) atoms. The highest BCUT2D eigenvalue weighted by molar-refractivity contribution is 6.05. The highest BCUT2D eigenvalue weighted by Crippen LogP contribution is 2.47. The number of hydrogen-bond donors (Lipinski definition) is 4. The molecule has 1 aliphatic carbocycles. The molecule has 1 unspecified atom stereocenters. The minimum absolute atomic E-state index is 0.0487. The number of nitrogens with zero attached hydrogens (tertiary/aromatic N) is 5. The van der Waals surface area contributed by atoms with Gasteiger partial charge in [0.15, 0.2) is 0 Å². The van der Waals surface area contributed by atoms with Gasteiger partial charge in [-0.1, -0.05) is 0 Å². The van der Waals surface area contributed by atoms with Crippen molar-refractivity contribution in [2.75, 3.05) is 89.8 Å². The average Bonchev–Trinajstić information content (AvgIpc) is 3.15. The normalized spacial score (nSPS) is 12.2. The molecular weight excluding hydrogens is 720 g/mol. The Bertz CT molecular complexity index is 2050. The fourth-order valence-electron chi connectivity index (χ4n) is 6.85. The molecule has 2 aromatic rings. The Morgan fingerprint density at radius 1 is 0.857 bits per heavy atom. The molecule has 0 saturated carbocycles. The second-order valence-electron chi connectivity index (χ2n) is 14.0. The second kappa shape index (κ2) is 19.7. The summed E-state index contributed by atoms with van der Waals surface area (Å²) >= 11 is 0. The van der Waals surface area contributed by atoms with Crippen molar-refractivity contribution in [1.29, 1.82) is 0 Å². The second-order valence-corrected chi connectivity index (χ2v) is 14.0. The Morgan fingerprint density at radius 3 is 2.16 bits per heavy atom. The zero-order chi connectivity index (χ0) is 41.1. The zero-order valence-corrected chi connectivity index (χ0v) is 33.3. The van der Waals surface area contributed by atoms with Crippen LogP contribution in [-0.2, 0) is 19.2 Å². The molecule has 4 rings (SSSR count). The van der Waals surface area contributed by atoms with Gasteiger partial charge >= 0.3 is 17.9 Å². The Hall–Kier alpha value is -5.83. The third-order valence-corrected chi connectivity index (χ3v) is 9.69. The number of aliphatic carboxylic acids is 3. The number of rotatable bonds is 21. The van der Waals surface area contributed by atoms with Gasteiger partial charge < -0.3 is 44.5 Å². The van der Waals surface area contributed by atoms with E-state index in [1.807, 2.05) is 57.4 Å². The lowest BCUT2D eigenvalue weighted by molar-refractivity contribution is -0.149. The molecule has 302 valence electrons. The van der Waals surface area contributed by atoms with Crippen LogP contribution in [0.3, 0.4) is 0 Å². The lowest BCUT2D eigenvalue weighted by atomic mass is 9.92. The van der Waals surface area contributed by atoms with E-state index < -0.39 is 37.0 Å². The van der Waals surface area contributed by atoms with Gasteiger partial charge in [0.2, 0.25) is 5.91 Å². The molecule has 0 spiro atoms. The smallest absolute Gasteiger partial charge is 0.320 e. The van der Waals surface area contributed by atoms with E-state index in [1.54, 1.807) is 14.2 Å². The summed E-state index contributed by atoms with van der Waals surface area (Å²) in [6.45, 7) is 2.26. The fourth-order valence-corrected chi connectivity index (χ4v) is 6.85. The molecule has 1 amide bonds. The summed E-state index contributed by atoms with van der Waals surface area (Å²) in [6, 6.07) is 15.1. The number of carbonyl (C=O) groups excluding carboxylic acids is 1. The van der Waals surface area contributed by atoms with Crippen LogP contribution in [0, 0.1) is 0 Å². The summed E-state index contributed by atoms with van der Waals surface area (Å²) in [5.41, 5.74) is 6.50. The number of anilines is 3. The molecule has 1 heterocycles. The third-order valence-electron chi connectivity index (χ3n) is 9.69. The van der Waals surface area contributed by atoms with Crippen molar-refractivity contribution in [2.24, 2.45) is 4.99 Å². The van der Waals surface area contributed by atoms with Gasteiger partial charge in [0.1, 0.15) is 23.1 Å². The minimum atomic E-state index is -1.31. The molecule has 0 bridgehead atoms. The maximum Gasteiger partial charge on any atom is 0.320 e. The van der Waals surface area contributed by atoms with Crippen LogP contribution in [0.15, 0.2) is 57.9 Å². The van der Waals surface area contributed by atoms with Gasteiger partial charge in [-0.2, -0.15) is 0 Å². The number of nitrogens with one attached hydrogen (secondary N) is 1. The van der Waals surface area contributed by atoms with E-state index in [0.717, 1.165) is 55.0 Å². The zero-order valence-electron chi connectivity index (χ0n) is 33.3. The van der Waals surface area contributed by atoms with E-state index in [2.05, 4.69) is 51.3 Å². The molecule has 2 aromatic carbocycles. The van der Waals surface area contributed by atoms with Crippen LogP contribution in [0.5, 0.6) is 5.75 Å². The SMILES string of the molecule is CCN(CCCC(=O)NCCCCC(C(=O)O)N(CC(=O)O)CC(=O)O)c1cc(OC)c(-c2c3cc/c(=N\C)cc-3oc3cc(N(C)C)ccc23)cc1N(C)C. The monoisotopic (exact) mass is 774 g/mol. The standard InChI is InChI=1S/C41H54N6O9/c1-8-46(19-11-13-37(48)43-18-10-9-12-31(41(53)54)47(24-38(49)50)25-39(51)52)33-23-34(55-7)30(22-32(33)45(5)6)40-28-16-14-26(42-2)20-35(28)56-36-21-27(44(3)4)15-17-29(36)40/h14-17,20-23,31H,8-13,18-19,24-25H2,1-7H3,(H,43,48)(H,49,50)(H,51,52)(H,53,54)/b42-26+. The van der Waals surface area contributed by atoms with Gasteiger partial charge in [-0.05, 0) is 62.9 Å². The van der Waals surface area contributed by atoms with Gasteiger partial charge in [-0.25, -0.2) is 0 Å². The van der Waals surface area contributed by atoms with Crippen molar-refractivity contribution >= 4 is 51.8 Å². The molecule has 15 nitrogen and oxygen atoms in total. The van der Waals surface area contributed by atoms with Gasteiger partial charge in [-0.3, -0.25) is 29.1 Å². The van der Waals surface area contributed by atoms with Gasteiger partial charge in [-0.15, -0.1) is 0 Å². The Labute approximate surface area is 327 Å². The third kappa shape index (κ3) is 10.7. The molecule has 0 aromatic heterocycles. The van der Waals surface area contributed by atoms with Crippen LogP contribution < -0.4 is 30.1 Å². The van der Waals surface area contributed by atoms with Gasteiger partial charge in [0.05, 0.1) is 36.9 Å². The quantitative estimate of drug-likeness (QED) is 0.0675. The lowest BCUT2D eigenvalue weighted by Gasteiger charge is -2.30. The van der Waals surface area contributed by atoms with Crippen LogP contribution in [-0.4, -0.2) is 125 Å². The minimum Gasteiger partial charge on any atom is -0.496 e. The first-order valence-corrected chi connectivity index (χ1v) is 18.6. The van der Waals surface area contributed by atoms with Crippen molar-refractivity contribution in [3.05, 3.63) is 53.9 Å². The first-order valence-electron chi connectivity index (χ1n) is 18.6. The van der Waals surface area contributed by atoms with E-state index in [9.17, 15) is 24.3 Å². The molecular formula is C41H54N6O9. The summed E-state index contributed by atoms with van der Waals surface area (Å²) in [4.78, 5) is 58.5. The Balaban J connectivity index is 1.50. The molecule has 0 fully saturated rings. The number of benzene rings is 3. The molecule has 2 aliphatic rings. The Morgan fingerprint density at radius 2 is 1.57 bits per heavy atom. The number of fused-ring (bicyclic) bond motifs is 2. The summed E-state index contributed by atoms with van der Waals surface area (Å²) in [7, 11) is 11.4. The summed E-state index contributed by atoms with van der Waals surface area (Å²) in [5, 5.41) is 32.4. The topological polar surface area (TPSA) is 189 Å². The van der Waals surface area contributed by atoms with E-state index in [0.29, 0.717) is 50.4 Å². The van der Waals surface area contributed by atoms with E-state index in [1.165, 1.54) is 0 Å². The average molecular weight is 775 g/mol. The number of carboxylic acids is 3. The van der Waals surface area contributed by atoms with Crippen LogP contribution in [0.4, 0.5) is 17.1 Å². The number of ether oxygens (including phenoxy) is 1. The van der Waals surface area contributed by atoms with E-state index >= 15 is 0 Å². The van der Waals surface area contributed by atoms with Gasteiger partial charge in [0, 0.05) is 107 Å². The predicted octanol–water partition coefficient (Wildman–Crippen LogP) is 4.69. The summed E-state index contributed by atoms with van der Waals surface area (Å²) < 4.78 is 12.6. The highest BCUT2D eigenvalue weighted by atomic mass is 16.5. The molecule has 15 heteroatoms. The molecule has 1 aliphatic heterocycles. The maximum absolute atomic E-state index is 12.8. The van der Waals surface area contributed by atoms with Crippen molar-refractivity contribution in [1.82, 2.24) is 10.2 Å². The Kier molecular flexibility index (Phi) is 15.1. The van der Waals surface area contributed by atoms with Crippen LogP contribution in [0.25, 0.3) is 33.4 Å². The highest BCUT2D eigenvalue weighted by Gasteiger charge is 2.29. The summed E-state index contributed by atoms with van der Waals surface area (Å²) in [6.07, 6.45) is 1.71. The molecule has 4 N–H and O–H groups in total. The van der Waals surface area contributed by atoms with Crippen molar-refractivity contribution in [3.63, 3.8) is 0 Å². The predicted molar refractivity (Wildman–Crippen MR) is 217 cm³/mol. The number of methoxy groups -OCH3 is 1. The first kappa shape index (κ1) is 42.9. The van der Waals surface area contributed by atoms with E-state index in [4.69, 9.17) is 19.4 Å². The summed E-state index contributed by atoms with van der Waals surface area (Å²) in [5.74, 6) is -2.65. The van der Waals surface area contributed by atoms with E-state index in [-0.39, 0.29) is 18.7 Å². The van der Waals surface area contributed by atoms with Crippen LogP contribution in [0.1, 0.15) is 39.0 Å². The largest absolute Gasteiger partial charge is 0.496 e. The molecule has 1 atom stereocenters. The molecule has 0 saturated heterocycles. The first-order chi connectivity index (χ1) is 26.7. The van der Waals surface area contributed by atoms with Crippen molar-refractivity contribution in [3.8, 4) is 28.2 Å². The van der Waals surface area contributed by atoms with Crippen LogP contribution in [0.2, 0.25) is 0 Å². The fraction of sp³-hybridized carbons (Fsp3) is 0.439. The number of unbranched alkanes of at least 4 members (excludes halogenated alkanes) is 1. The van der Waals surface area contributed by atoms with Crippen LogP contribution >= 0.6 is 0 Å². The maximum atomic E-state index is 12.8. The number of carboxylic acid groups (broad SMARTS) is 3. The van der Waals surface area contributed by atoms with Gasteiger partial charge in [0.25, 0.3) is 0 Å². The number of carbonyl (C=O) groups is 4. The molecule has 0 radical (unpaired) electrons.